The van der Waals surface area contributed by atoms with Gasteiger partial charge in [-0.1, -0.05) is 0 Å². The third kappa shape index (κ3) is 4.05. The van der Waals surface area contributed by atoms with Crippen molar-refractivity contribution in [3.8, 4) is 0 Å². The summed E-state index contributed by atoms with van der Waals surface area (Å²) in [5.41, 5.74) is -0.551. The molecule has 0 radical (unpaired) electrons. The minimum atomic E-state index is -0.665. The molecule has 1 aliphatic rings. The van der Waals surface area contributed by atoms with Crippen LogP contribution in [0, 0.1) is 0 Å². The van der Waals surface area contributed by atoms with Crippen molar-refractivity contribution >= 4 is 6.09 Å². The van der Waals surface area contributed by atoms with E-state index in [2.05, 4.69) is 0 Å². The van der Waals surface area contributed by atoms with Crippen LogP contribution in [0.5, 0.6) is 0 Å². The Hall–Kier alpha value is -0.810. The SMILES string of the molecule is CC(C)(C)OC(=O)N1C[C@H](O)C[C@H](O)C1. The Balaban J connectivity index is 2.52. The van der Waals surface area contributed by atoms with Crippen LogP contribution in [0.25, 0.3) is 0 Å². The standard InChI is InChI=1S/C10H19NO4/c1-10(2,3)15-9(14)11-5-7(12)4-8(13)6-11/h7-8,12-13H,4-6H2,1-3H3/t7-,8+. The van der Waals surface area contributed by atoms with Crippen LogP contribution in [-0.2, 0) is 4.74 Å². The van der Waals surface area contributed by atoms with Crippen molar-refractivity contribution in [3.05, 3.63) is 0 Å². The van der Waals surface area contributed by atoms with Crippen LogP contribution in [0.2, 0.25) is 0 Å². The Labute approximate surface area is 89.6 Å². The highest BCUT2D eigenvalue weighted by atomic mass is 16.6. The minimum Gasteiger partial charge on any atom is -0.444 e. The number of hydrogen-bond donors (Lipinski definition) is 2. The molecule has 5 nitrogen and oxygen atoms in total. The second kappa shape index (κ2) is 4.37. The van der Waals surface area contributed by atoms with Crippen molar-refractivity contribution in [2.75, 3.05) is 13.1 Å². The summed E-state index contributed by atoms with van der Waals surface area (Å²) in [6.45, 7) is 5.79. The van der Waals surface area contributed by atoms with Gasteiger partial charge in [-0.2, -0.15) is 0 Å². The molecule has 0 aliphatic carbocycles. The van der Waals surface area contributed by atoms with Gasteiger partial charge in [0.2, 0.25) is 0 Å². The molecule has 2 N–H and O–H groups in total. The summed E-state index contributed by atoms with van der Waals surface area (Å²) in [6, 6.07) is 0. The molecular weight excluding hydrogens is 198 g/mol. The fraction of sp³-hybridized carbons (Fsp3) is 0.900. The first-order chi connectivity index (χ1) is 6.78. The van der Waals surface area contributed by atoms with Gasteiger partial charge in [-0.15, -0.1) is 0 Å². The van der Waals surface area contributed by atoms with Gasteiger partial charge < -0.3 is 19.8 Å². The quantitative estimate of drug-likeness (QED) is 0.614. The summed E-state index contributed by atoms with van der Waals surface area (Å²) in [7, 11) is 0. The van der Waals surface area contributed by atoms with Crippen molar-refractivity contribution in [1.82, 2.24) is 4.90 Å². The van der Waals surface area contributed by atoms with E-state index < -0.39 is 23.9 Å². The fourth-order valence-electron chi connectivity index (χ4n) is 1.52. The number of carbonyl (C=O) groups excluding carboxylic acids is 1. The largest absolute Gasteiger partial charge is 0.444 e. The van der Waals surface area contributed by atoms with Crippen LogP contribution < -0.4 is 0 Å². The molecule has 1 heterocycles. The van der Waals surface area contributed by atoms with Crippen LogP contribution >= 0.6 is 0 Å². The molecular formula is C10H19NO4. The van der Waals surface area contributed by atoms with Crippen molar-refractivity contribution in [1.29, 1.82) is 0 Å². The molecule has 0 aromatic heterocycles. The van der Waals surface area contributed by atoms with Crippen molar-refractivity contribution in [2.24, 2.45) is 0 Å². The van der Waals surface area contributed by atoms with E-state index >= 15 is 0 Å². The lowest BCUT2D eigenvalue weighted by Gasteiger charge is -2.34. The smallest absolute Gasteiger partial charge is 0.410 e. The van der Waals surface area contributed by atoms with Crippen molar-refractivity contribution in [2.45, 2.75) is 45.0 Å². The monoisotopic (exact) mass is 217 g/mol. The number of amides is 1. The van der Waals surface area contributed by atoms with Gasteiger partial charge in [-0.05, 0) is 20.8 Å². The zero-order chi connectivity index (χ0) is 11.6. The number of ether oxygens (including phenoxy) is 1. The van der Waals surface area contributed by atoms with E-state index in [0.29, 0.717) is 6.42 Å². The van der Waals surface area contributed by atoms with Crippen LogP contribution in [0.1, 0.15) is 27.2 Å². The first-order valence-electron chi connectivity index (χ1n) is 5.12. The van der Waals surface area contributed by atoms with Gasteiger partial charge in [0.15, 0.2) is 0 Å². The highest BCUT2D eigenvalue weighted by Crippen LogP contribution is 2.15. The van der Waals surface area contributed by atoms with Gasteiger partial charge >= 0.3 is 6.09 Å². The van der Waals surface area contributed by atoms with E-state index in [9.17, 15) is 15.0 Å². The predicted molar refractivity (Wildman–Crippen MR) is 54.4 cm³/mol. The Morgan fingerprint density at radius 1 is 1.27 bits per heavy atom. The molecule has 0 aromatic carbocycles. The Morgan fingerprint density at radius 3 is 2.13 bits per heavy atom. The summed E-state index contributed by atoms with van der Waals surface area (Å²) in [5, 5.41) is 18.8. The lowest BCUT2D eigenvalue weighted by Crippen LogP contribution is -2.49. The average Bonchev–Trinajstić information content (AvgIpc) is 1.98. The molecule has 2 atom stereocenters. The first kappa shape index (κ1) is 12.3. The Morgan fingerprint density at radius 2 is 1.73 bits per heavy atom. The lowest BCUT2D eigenvalue weighted by atomic mass is 10.1. The zero-order valence-electron chi connectivity index (χ0n) is 9.43. The van der Waals surface area contributed by atoms with Gasteiger partial charge in [0.25, 0.3) is 0 Å². The Bertz CT molecular complexity index is 226. The number of hydrogen-bond acceptors (Lipinski definition) is 4. The van der Waals surface area contributed by atoms with Gasteiger partial charge in [0, 0.05) is 6.42 Å². The molecule has 1 fully saturated rings. The molecule has 0 unspecified atom stereocenters. The summed E-state index contributed by atoms with van der Waals surface area (Å²) < 4.78 is 5.14. The van der Waals surface area contributed by atoms with Crippen LogP contribution in [-0.4, -0.2) is 52.1 Å². The maximum Gasteiger partial charge on any atom is 0.410 e. The maximum absolute atomic E-state index is 11.6. The molecule has 88 valence electrons. The normalized spacial score (nSPS) is 27.7. The van der Waals surface area contributed by atoms with Gasteiger partial charge in [0.05, 0.1) is 25.3 Å². The summed E-state index contributed by atoms with van der Waals surface area (Å²) in [4.78, 5) is 12.9. The summed E-state index contributed by atoms with van der Waals surface area (Å²) in [6.07, 6.45) is -1.50. The highest BCUT2D eigenvalue weighted by molar-refractivity contribution is 5.68. The zero-order valence-corrected chi connectivity index (χ0v) is 9.43. The molecule has 15 heavy (non-hydrogen) atoms. The predicted octanol–water partition coefficient (Wildman–Crippen LogP) is 0.349. The molecule has 1 aliphatic heterocycles. The molecule has 0 aromatic rings. The van der Waals surface area contributed by atoms with E-state index in [0.717, 1.165) is 0 Å². The van der Waals surface area contributed by atoms with Crippen molar-refractivity contribution in [3.63, 3.8) is 0 Å². The number of nitrogens with zero attached hydrogens (tertiary/aromatic N) is 1. The Kier molecular flexibility index (Phi) is 3.57. The molecule has 1 rings (SSSR count). The number of rotatable bonds is 0. The molecule has 1 saturated heterocycles. The number of aliphatic hydroxyl groups excluding tert-OH is 2. The van der Waals surface area contributed by atoms with Gasteiger partial charge in [-0.25, -0.2) is 4.79 Å². The third-order valence-corrected chi connectivity index (χ3v) is 2.06. The van der Waals surface area contributed by atoms with Gasteiger partial charge in [-0.3, -0.25) is 0 Å². The number of aliphatic hydroxyl groups is 2. The molecule has 1 amide bonds. The summed E-state index contributed by atoms with van der Waals surface area (Å²) >= 11 is 0. The minimum absolute atomic E-state index is 0.228. The maximum atomic E-state index is 11.6. The average molecular weight is 217 g/mol. The molecule has 0 bridgehead atoms. The molecule has 0 saturated carbocycles. The fourth-order valence-corrected chi connectivity index (χ4v) is 1.52. The number of carbonyl (C=O) groups is 1. The lowest BCUT2D eigenvalue weighted by molar-refractivity contribution is -0.0294. The topological polar surface area (TPSA) is 70.0 Å². The van der Waals surface area contributed by atoms with Crippen molar-refractivity contribution < 1.29 is 19.7 Å². The van der Waals surface area contributed by atoms with Crippen LogP contribution in [0.3, 0.4) is 0 Å². The third-order valence-electron chi connectivity index (χ3n) is 2.06. The van der Waals surface area contributed by atoms with E-state index in [1.165, 1.54) is 4.90 Å². The second-order valence-electron chi connectivity index (χ2n) is 4.93. The van der Waals surface area contributed by atoms with E-state index in [1.54, 1.807) is 20.8 Å². The molecule has 5 heteroatoms. The van der Waals surface area contributed by atoms with Gasteiger partial charge in [0.1, 0.15) is 5.60 Å². The number of piperidine rings is 1. The van der Waals surface area contributed by atoms with E-state index in [1.807, 2.05) is 0 Å². The summed E-state index contributed by atoms with van der Waals surface area (Å²) in [5.74, 6) is 0. The van der Waals surface area contributed by atoms with Crippen LogP contribution in [0.15, 0.2) is 0 Å². The van der Waals surface area contributed by atoms with E-state index in [-0.39, 0.29) is 13.1 Å². The highest BCUT2D eigenvalue weighted by Gasteiger charge is 2.30. The number of β-amino-alcohol motifs (C(OH)–C–C–N with tert-alkyl or cyclic N) is 2. The number of likely N-dealkylation sites (tertiary alicyclic amines) is 1. The first-order valence-corrected chi connectivity index (χ1v) is 5.12. The van der Waals surface area contributed by atoms with Crippen LogP contribution in [0.4, 0.5) is 4.79 Å². The molecule has 0 spiro atoms. The second-order valence-corrected chi connectivity index (χ2v) is 4.93. The van der Waals surface area contributed by atoms with E-state index in [4.69, 9.17) is 4.74 Å².